The molecule has 2 aliphatic heterocycles. The van der Waals surface area contributed by atoms with E-state index in [-0.39, 0.29) is 6.10 Å². The molecule has 0 spiro atoms. The highest BCUT2D eigenvalue weighted by Crippen LogP contribution is 2.57. The van der Waals surface area contributed by atoms with Crippen LogP contribution in [0.5, 0.6) is 0 Å². The molecule has 1 saturated heterocycles. The molecular weight excluding hydrogens is 140 g/mol. The topological polar surface area (TPSA) is 29.5 Å². The fraction of sp³-hybridized carbons (Fsp3) is 0.333. The summed E-state index contributed by atoms with van der Waals surface area (Å²) in [5, 5.41) is 9.69. The molecule has 2 nitrogen and oxygen atoms in total. The largest absolute Gasteiger partial charge is 0.362 e. The molecule has 2 bridgehead atoms. The van der Waals surface area contributed by atoms with Gasteiger partial charge in [0, 0.05) is 12.0 Å². The summed E-state index contributed by atoms with van der Waals surface area (Å²) in [6.07, 6.45) is 0.906. The summed E-state index contributed by atoms with van der Waals surface area (Å²) in [5.74, 6) is -0.929. The monoisotopic (exact) mass is 148 g/mol. The molecule has 0 aromatic heterocycles. The number of hydrogen-bond donors (Lipinski definition) is 1. The van der Waals surface area contributed by atoms with Crippen molar-refractivity contribution >= 4 is 0 Å². The molecule has 4 rings (SSSR count). The van der Waals surface area contributed by atoms with Crippen LogP contribution in [0.1, 0.15) is 23.7 Å². The van der Waals surface area contributed by atoms with Crippen LogP contribution in [0, 0.1) is 0 Å². The van der Waals surface area contributed by atoms with E-state index in [4.69, 9.17) is 4.74 Å². The van der Waals surface area contributed by atoms with Gasteiger partial charge in [-0.25, -0.2) is 0 Å². The third-order valence-electron chi connectivity index (χ3n) is 2.53. The zero-order chi connectivity index (χ0) is 7.47. The van der Waals surface area contributed by atoms with Crippen molar-refractivity contribution in [3.05, 3.63) is 35.4 Å². The minimum Gasteiger partial charge on any atom is -0.362 e. The molecule has 1 aromatic rings. The molecule has 1 fully saturated rings. The Morgan fingerprint density at radius 3 is 2.91 bits per heavy atom. The highest BCUT2D eigenvalue weighted by Gasteiger charge is 2.55. The van der Waals surface area contributed by atoms with Crippen molar-refractivity contribution in [1.29, 1.82) is 0 Å². The fourth-order valence-corrected chi connectivity index (χ4v) is 1.96. The molecule has 3 aliphatic rings. The predicted octanol–water partition coefficient (Wildman–Crippen LogP) is 1.31. The van der Waals surface area contributed by atoms with E-state index in [1.165, 1.54) is 0 Å². The van der Waals surface area contributed by atoms with Crippen LogP contribution in [0.25, 0.3) is 0 Å². The quantitative estimate of drug-likeness (QED) is 0.601. The smallest absolute Gasteiger partial charge is 0.196 e. The molecule has 56 valence electrons. The lowest BCUT2D eigenvalue weighted by molar-refractivity contribution is -0.314. The zero-order valence-electron chi connectivity index (χ0n) is 5.95. The minimum atomic E-state index is -0.929. The van der Waals surface area contributed by atoms with Crippen molar-refractivity contribution in [2.24, 2.45) is 0 Å². The normalized spacial score (nSPS) is 38.1. The summed E-state index contributed by atoms with van der Waals surface area (Å²) >= 11 is 0. The van der Waals surface area contributed by atoms with Crippen LogP contribution in [0.15, 0.2) is 24.3 Å². The summed E-state index contributed by atoms with van der Waals surface area (Å²) in [5.41, 5.74) is 2.13. The van der Waals surface area contributed by atoms with Gasteiger partial charge >= 0.3 is 0 Å². The van der Waals surface area contributed by atoms with Crippen LogP contribution < -0.4 is 0 Å². The first-order chi connectivity index (χ1) is 5.30. The highest BCUT2D eigenvalue weighted by atomic mass is 16.7. The van der Waals surface area contributed by atoms with Crippen LogP contribution in [0.2, 0.25) is 0 Å². The van der Waals surface area contributed by atoms with E-state index in [0.717, 1.165) is 17.5 Å². The predicted molar refractivity (Wildman–Crippen MR) is 38.8 cm³/mol. The average molecular weight is 148 g/mol. The third kappa shape index (κ3) is 0.513. The van der Waals surface area contributed by atoms with E-state index in [9.17, 15) is 5.11 Å². The summed E-state index contributed by atoms with van der Waals surface area (Å²) in [6.45, 7) is 0. The Kier molecular flexibility index (Phi) is 0.780. The number of rotatable bonds is 0. The Morgan fingerprint density at radius 2 is 2.18 bits per heavy atom. The molecule has 0 saturated carbocycles. The molecule has 1 aromatic carbocycles. The van der Waals surface area contributed by atoms with Gasteiger partial charge in [-0.1, -0.05) is 24.3 Å². The molecule has 0 radical (unpaired) electrons. The maximum absolute atomic E-state index is 9.69. The van der Waals surface area contributed by atoms with Gasteiger partial charge in [-0.15, -0.1) is 0 Å². The number of aliphatic hydroxyl groups is 1. The van der Waals surface area contributed by atoms with Crippen LogP contribution in [0.3, 0.4) is 0 Å². The molecule has 1 aliphatic carbocycles. The molecule has 0 amide bonds. The molecular formula is C9H8O2. The molecule has 2 heteroatoms. The van der Waals surface area contributed by atoms with Crippen molar-refractivity contribution in [2.45, 2.75) is 18.3 Å². The summed E-state index contributed by atoms with van der Waals surface area (Å²) in [7, 11) is 0. The average Bonchev–Trinajstić information content (AvgIpc) is 2.39. The van der Waals surface area contributed by atoms with Crippen LogP contribution in [-0.2, 0) is 10.5 Å². The van der Waals surface area contributed by atoms with Crippen molar-refractivity contribution in [3.63, 3.8) is 0 Å². The van der Waals surface area contributed by atoms with Gasteiger partial charge in [-0.05, 0) is 5.56 Å². The fourth-order valence-electron chi connectivity index (χ4n) is 1.96. The Hall–Kier alpha value is -0.860. The van der Waals surface area contributed by atoms with Gasteiger partial charge in [0.2, 0.25) is 0 Å². The van der Waals surface area contributed by atoms with Crippen molar-refractivity contribution < 1.29 is 9.84 Å². The van der Waals surface area contributed by atoms with Crippen LogP contribution in [0.4, 0.5) is 0 Å². The summed E-state index contributed by atoms with van der Waals surface area (Å²) in [6, 6.07) is 7.86. The first-order valence-electron chi connectivity index (χ1n) is 3.79. The lowest BCUT2D eigenvalue weighted by atomic mass is 10.1. The van der Waals surface area contributed by atoms with Gasteiger partial charge in [0.05, 0.1) is 6.10 Å². The van der Waals surface area contributed by atoms with Crippen LogP contribution in [-0.4, -0.2) is 5.11 Å². The number of benzene rings is 1. The Bertz CT molecular complexity index is 313. The number of hydrogen-bond acceptors (Lipinski definition) is 2. The Balaban J connectivity index is 2.29. The maximum Gasteiger partial charge on any atom is 0.196 e. The van der Waals surface area contributed by atoms with E-state index in [1.807, 2.05) is 24.3 Å². The van der Waals surface area contributed by atoms with Gasteiger partial charge in [0.1, 0.15) is 0 Å². The second-order valence-corrected chi connectivity index (χ2v) is 3.18. The SMILES string of the molecule is OC12CC(O1)c1ccccc12. The molecule has 1 N–H and O–H groups in total. The molecule has 2 atom stereocenters. The van der Waals surface area contributed by atoms with Gasteiger partial charge in [-0.2, -0.15) is 0 Å². The minimum absolute atomic E-state index is 0.163. The van der Waals surface area contributed by atoms with Crippen molar-refractivity contribution in [1.82, 2.24) is 0 Å². The van der Waals surface area contributed by atoms with E-state index in [2.05, 4.69) is 0 Å². The molecule has 2 heterocycles. The summed E-state index contributed by atoms with van der Waals surface area (Å²) in [4.78, 5) is 0. The second-order valence-electron chi connectivity index (χ2n) is 3.18. The lowest BCUT2D eigenvalue weighted by Gasteiger charge is -2.33. The van der Waals surface area contributed by atoms with Gasteiger partial charge < -0.3 is 9.84 Å². The van der Waals surface area contributed by atoms with Gasteiger partial charge in [0.15, 0.2) is 5.79 Å². The third-order valence-corrected chi connectivity index (χ3v) is 2.53. The van der Waals surface area contributed by atoms with Crippen molar-refractivity contribution in [3.8, 4) is 0 Å². The number of ether oxygens (including phenoxy) is 1. The highest BCUT2D eigenvalue weighted by molar-refractivity contribution is 5.41. The molecule has 2 unspecified atom stereocenters. The van der Waals surface area contributed by atoms with E-state index < -0.39 is 5.79 Å². The van der Waals surface area contributed by atoms with E-state index in [0.29, 0.717) is 0 Å². The Labute approximate surface area is 64.4 Å². The van der Waals surface area contributed by atoms with E-state index >= 15 is 0 Å². The van der Waals surface area contributed by atoms with Gasteiger partial charge in [-0.3, -0.25) is 0 Å². The first kappa shape index (κ1) is 5.75. The summed E-state index contributed by atoms with van der Waals surface area (Å²) < 4.78 is 5.26. The van der Waals surface area contributed by atoms with Crippen LogP contribution >= 0.6 is 0 Å². The van der Waals surface area contributed by atoms with E-state index in [1.54, 1.807) is 0 Å². The van der Waals surface area contributed by atoms with Crippen molar-refractivity contribution in [2.75, 3.05) is 0 Å². The Morgan fingerprint density at radius 1 is 1.45 bits per heavy atom. The zero-order valence-corrected chi connectivity index (χ0v) is 5.95. The molecule has 11 heavy (non-hydrogen) atoms. The second kappa shape index (κ2) is 1.49. The maximum atomic E-state index is 9.69. The first-order valence-corrected chi connectivity index (χ1v) is 3.79. The van der Waals surface area contributed by atoms with Gasteiger partial charge in [0.25, 0.3) is 0 Å². The lowest BCUT2D eigenvalue weighted by Crippen LogP contribution is -2.34. The standard InChI is InChI=1S/C9H8O2/c10-9-5-8(11-9)6-3-1-2-4-7(6)9/h1-4,8,10H,5H2.